The molecule has 1 rings (SSSR count). The molecule has 1 nitrogen and oxygen atoms in total. The van der Waals surface area contributed by atoms with Crippen LogP contribution in [0.15, 0.2) is 0 Å². The van der Waals surface area contributed by atoms with Crippen molar-refractivity contribution in [2.24, 2.45) is 0 Å². The molecule has 0 saturated heterocycles. The fraction of sp³-hybridized carbons (Fsp3) is 1.00. The molecule has 0 amide bonds. The minimum atomic E-state index is -1.77. The first-order valence-electron chi connectivity index (χ1n) is 5.80. The minimum absolute atomic E-state index is 0.604. The van der Waals surface area contributed by atoms with E-state index in [1.165, 1.54) is 25.7 Å². The average molecular weight is 202 g/mol. The van der Waals surface area contributed by atoms with Gasteiger partial charge in [-0.1, -0.05) is 26.7 Å². The number of hydrogen-bond donors (Lipinski definition) is 0. The second-order valence-electron chi connectivity index (χ2n) is 4.34. The largest absolute Gasteiger partial charge is 0.323 e. The minimum Gasteiger partial charge on any atom is -0.323 e. The highest BCUT2D eigenvalue weighted by Crippen LogP contribution is 2.57. The van der Waals surface area contributed by atoms with Gasteiger partial charge in [0.25, 0.3) is 0 Å². The molecule has 1 aliphatic rings. The van der Waals surface area contributed by atoms with Crippen molar-refractivity contribution in [2.75, 3.05) is 12.3 Å². The van der Waals surface area contributed by atoms with Gasteiger partial charge in [0, 0.05) is 18.0 Å². The zero-order chi connectivity index (χ0) is 9.73. The monoisotopic (exact) mass is 202 g/mol. The molecule has 0 heterocycles. The summed E-state index contributed by atoms with van der Waals surface area (Å²) in [6, 6.07) is 0. The van der Waals surface area contributed by atoms with Crippen molar-refractivity contribution < 1.29 is 4.57 Å². The van der Waals surface area contributed by atoms with E-state index in [2.05, 4.69) is 13.8 Å². The third-order valence-corrected chi connectivity index (χ3v) is 7.45. The molecule has 1 fully saturated rings. The molecular formula is C11H23OP. The van der Waals surface area contributed by atoms with Crippen LogP contribution in [0.2, 0.25) is 0 Å². The molecule has 0 aromatic carbocycles. The van der Waals surface area contributed by atoms with Crippen LogP contribution in [-0.4, -0.2) is 18.0 Å². The summed E-state index contributed by atoms with van der Waals surface area (Å²) >= 11 is 0. The lowest BCUT2D eigenvalue weighted by Crippen LogP contribution is -2.09. The van der Waals surface area contributed by atoms with Crippen LogP contribution in [0.25, 0.3) is 0 Å². The van der Waals surface area contributed by atoms with E-state index in [4.69, 9.17) is 0 Å². The molecule has 0 aromatic rings. The first-order chi connectivity index (χ1) is 6.23. The van der Waals surface area contributed by atoms with Gasteiger partial charge in [0.15, 0.2) is 0 Å². The molecule has 0 bridgehead atoms. The second kappa shape index (κ2) is 5.20. The van der Waals surface area contributed by atoms with Gasteiger partial charge in [-0.25, -0.2) is 0 Å². The van der Waals surface area contributed by atoms with Crippen LogP contribution in [0.1, 0.15) is 52.4 Å². The maximum Gasteiger partial charge on any atom is 0.0906 e. The standard InChI is InChI=1S/C11H23OP/c1-3-9-13(12,10-4-2)11-7-5-6-8-11/h11H,3-10H2,1-2H3. The van der Waals surface area contributed by atoms with Gasteiger partial charge in [0.1, 0.15) is 0 Å². The summed E-state index contributed by atoms with van der Waals surface area (Å²) in [6.07, 6.45) is 9.36. The smallest absolute Gasteiger partial charge is 0.0906 e. The Morgan fingerprint density at radius 2 is 1.54 bits per heavy atom. The summed E-state index contributed by atoms with van der Waals surface area (Å²) in [4.78, 5) is 0. The van der Waals surface area contributed by atoms with Crippen LogP contribution in [0.5, 0.6) is 0 Å². The third-order valence-electron chi connectivity index (χ3n) is 3.19. The molecular weight excluding hydrogens is 179 g/mol. The zero-order valence-corrected chi connectivity index (χ0v) is 9.98. The maximum absolute atomic E-state index is 12.6. The van der Waals surface area contributed by atoms with Crippen molar-refractivity contribution in [3.63, 3.8) is 0 Å². The van der Waals surface area contributed by atoms with Gasteiger partial charge in [-0.3, -0.25) is 0 Å². The van der Waals surface area contributed by atoms with Crippen molar-refractivity contribution in [1.82, 2.24) is 0 Å². The van der Waals surface area contributed by atoms with Crippen molar-refractivity contribution >= 4 is 7.14 Å². The van der Waals surface area contributed by atoms with Crippen LogP contribution in [-0.2, 0) is 4.57 Å². The van der Waals surface area contributed by atoms with E-state index in [1.54, 1.807) is 0 Å². The van der Waals surface area contributed by atoms with E-state index in [0.29, 0.717) is 5.66 Å². The lowest BCUT2D eigenvalue weighted by atomic mass is 10.4. The molecule has 0 aromatic heterocycles. The molecule has 2 heteroatoms. The normalized spacial score (nSPS) is 19.5. The van der Waals surface area contributed by atoms with E-state index in [0.717, 1.165) is 25.2 Å². The molecule has 0 unspecified atom stereocenters. The van der Waals surface area contributed by atoms with Crippen molar-refractivity contribution in [3.8, 4) is 0 Å². The van der Waals surface area contributed by atoms with E-state index in [-0.39, 0.29) is 0 Å². The van der Waals surface area contributed by atoms with E-state index < -0.39 is 7.14 Å². The van der Waals surface area contributed by atoms with Gasteiger partial charge in [-0.2, -0.15) is 0 Å². The summed E-state index contributed by atoms with van der Waals surface area (Å²) in [5.74, 6) is 0. The lowest BCUT2D eigenvalue weighted by Gasteiger charge is -2.23. The topological polar surface area (TPSA) is 17.1 Å². The fourth-order valence-electron chi connectivity index (χ4n) is 2.61. The maximum atomic E-state index is 12.6. The zero-order valence-electron chi connectivity index (χ0n) is 9.09. The van der Waals surface area contributed by atoms with E-state index in [9.17, 15) is 4.57 Å². The Morgan fingerprint density at radius 1 is 1.08 bits per heavy atom. The molecule has 1 saturated carbocycles. The Morgan fingerprint density at radius 3 is 1.92 bits per heavy atom. The first-order valence-corrected chi connectivity index (χ1v) is 7.95. The molecule has 0 spiro atoms. The number of rotatable bonds is 5. The van der Waals surface area contributed by atoms with Crippen molar-refractivity contribution in [2.45, 2.75) is 58.0 Å². The fourth-order valence-corrected chi connectivity index (χ4v) is 6.38. The van der Waals surface area contributed by atoms with Crippen LogP contribution in [0.4, 0.5) is 0 Å². The van der Waals surface area contributed by atoms with Gasteiger partial charge >= 0.3 is 0 Å². The van der Waals surface area contributed by atoms with Gasteiger partial charge in [-0.15, -0.1) is 0 Å². The van der Waals surface area contributed by atoms with Gasteiger partial charge < -0.3 is 4.57 Å². The van der Waals surface area contributed by atoms with E-state index >= 15 is 0 Å². The van der Waals surface area contributed by atoms with Crippen molar-refractivity contribution in [3.05, 3.63) is 0 Å². The predicted octanol–water partition coefficient (Wildman–Crippen LogP) is 4.11. The summed E-state index contributed by atoms with van der Waals surface area (Å²) in [7, 11) is -1.77. The van der Waals surface area contributed by atoms with Crippen LogP contribution in [0, 0.1) is 0 Å². The Kier molecular flexibility index (Phi) is 4.52. The highest BCUT2D eigenvalue weighted by atomic mass is 31.2. The van der Waals surface area contributed by atoms with Crippen molar-refractivity contribution in [1.29, 1.82) is 0 Å². The predicted molar refractivity (Wildman–Crippen MR) is 60.2 cm³/mol. The summed E-state index contributed by atoms with van der Waals surface area (Å²) in [5, 5.41) is 0. The molecule has 0 N–H and O–H groups in total. The summed E-state index contributed by atoms with van der Waals surface area (Å²) in [6.45, 7) is 4.33. The molecule has 13 heavy (non-hydrogen) atoms. The first kappa shape index (κ1) is 11.3. The Bertz CT molecular complexity index is 173. The molecule has 1 aliphatic carbocycles. The second-order valence-corrected chi connectivity index (χ2v) is 7.87. The molecule has 0 radical (unpaired) electrons. The lowest BCUT2D eigenvalue weighted by molar-refractivity contribution is 0.560. The molecule has 78 valence electrons. The third kappa shape index (κ3) is 2.84. The summed E-state index contributed by atoms with van der Waals surface area (Å²) in [5.41, 5.74) is 0.604. The van der Waals surface area contributed by atoms with Gasteiger partial charge in [-0.05, 0) is 25.7 Å². The molecule has 0 atom stereocenters. The highest BCUT2D eigenvalue weighted by Gasteiger charge is 2.32. The Hall–Kier alpha value is 0.230. The quantitative estimate of drug-likeness (QED) is 0.613. The highest BCUT2D eigenvalue weighted by molar-refractivity contribution is 7.64. The molecule has 0 aliphatic heterocycles. The van der Waals surface area contributed by atoms with Gasteiger partial charge in [0.05, 0.1) is 7.14 Å². The summed E-state index contributed by atoms with van der Waals surface area (Å²) < 4.78 is 12.6. The Labute approximate surface area is 82.7 Å². The van der Waals surface area contributed by atoms with Gasteiger partial charge in [0.2, 0.25) is 0 Å². The average Bonchev–Trinajstić information content (AvgIpc) is 2.57. The Balaban J connectivity index is 2.58. The SMILES string of the molecule is CCCP(=O)(CCC)C1CCCC1. The van der Waals surface area contributed by atoms with Crippen LogP contribution in [0.3, 0.4) is 0 Å². The number of hydrogen-bond acceptors (Lipinski definition) is 1. The van der Waals surface area contributed by atoms with Crippen LogP contribution < -0.4 is 0 Å². The van der Waals surface area contributed by atoms with E-state index in [1.807, 2.05) is 0 Å². The van der Waals surface area contributed by atoms with Crippen LogP contribution >= 0.6 is 7.14 Å².